The molecule has 1 rings (SSSR count). The molecule has 0 saturated carbocycles. The molecular weight excluding hydrogens is 240 g/mol. The van der Waals surface area contributed by atoms with Crippen LogP contribution in [0.15, 0.2) is 0 Å². The summed E-state index contributed by atoms with van der Waals surface area (Å²) in [5.74, 6) is 0.355. The summed E-state index contributed by atoms with van der Waals surface area (Å²) in [6.45, 7) is 3.98. The summed E-state index contributed by atoms with van der Waals surface area (Å²) in [5.41, 5.74) is 0. The monoisotopic (exact) mass is 256 g/mol. The first kappa shape index (κ1) is 13.3. The summed E-state index contributed by atoms with van der Waals surface area (Å²) in [5, 5.41) is 0. The lowest BCUT2D eigenvalue weighted by molar-refractivity contribution is -0.114. The molecule has 0 radical (unpaired) electrons. The van der Waals surface area contributed by atoms with Crippen LogP contribution in [0, 0.1) is 0 Å². The van der Waals surface area contributed by atoms with Crippen molar-refractivity contribution in [2.75, 3.05) is 0 Å². The smallest absolute Gasteiger partial charge is 0.157 e. The molecule has 0 aliphatic heterocycles. The van der Waals surface area contributed by atoms with Crippen LogP contribution in [0.4, 0.5) is 0 Å². The van der Waals surface area contributed by atoms with Crippen molar-refractivity contribution in [2.24, 2.45) is 0 Å². The van der Waals surface area contributed by atoms with Crippen molar-refractivity contribution in [2.45, 2.75) is 39.5 Å². The number of ketones is 2. The standard InChI is InChI=1S/C12H16O2S2/c1-3-5-9(13)7-11-15-12(16-11)8-10(14)6-4-2/h7-8H,3-6H2,1-2H3. The van der Waals surface area contributed by atoms with Crippen LogP contribution < -0.4 is 7.69 Å². The van der Waals surface area contributed by atoms with Crippen LogP contribution in [0.5, 0.6) is 0 Å². The van der Waals surface area contributed by atoms with Crippen LogP contribution in [0.25, 0.3) is 12.2 Å². The van der Waals surface area contributed by atoms with Gasteiger partial charge in [-0.2, -0.15) is 0 Å². The molecule has 0 aliphatic carbocycles. The van der Waals surface area contributed by atoms with Crippen LogP contribution in [-0.2, 0) is 9.59 Å². The van der Waals surface area contributed by atoms with Gasteiger partial charge in [0, 0.05) is 25.0 Å². The Hall–Kier alpha value is -0.740. The van der Waals surface area contributed by atoms with Crippen LogP contribution in [0.1, 0.15) is 39.5 Å². The van der Waals surface area contributed by atoms with Gasteiger partial charge in [0.1, 0.15) is 0 Å². The predicted octanol–water partition coefficient (Wildman–Crippen LogP) is 2.11. The molecule has 1 heterocycles. The summed E-state index contributed by atoms with van der Waals surface area (Å²) in [4.78, 5) is 22.6. The van der Waals surface area contributed by atoms with E-state index in [0.717, 1.165) is 20.5 Å². The van der Waals surface area contributed by atoms with Gasteiger partial charge in [0.15, 0.2) is 11.6 Å². The molecule has 0 saturated heterocycles. The molecule has 0 spiro atoms. The Bertz CT molecular complexity index is 407. The Balaban J connectivity index is 2.64. The third kappa shape index (κ3) is 4.41. The molecule has 88 valence electrons. The lowest BCUT2D eigenvalue weighted by Gasteiger charge is -1.93. The Morgan fingerprint density at radius 2 is 1.31 bits per heavy atom. The highest BCUT2D eigenvalue weighted by Crippen LogP contribution is 1.96. The van der Waals surface area contributed by atoms with Crippen LogP contribution in [-0.4, -0.2) is 11.6 Å². The minimum Gasteiger partial charge on any atom is -0.295 e. The van der Waals surface area contributed by atoms with Crippen molar-refractivity contribution in [1.29, 1.82) is 0 Å². The number of hydrogen-bond donors (Lipinski definition) is 0. The van der Waals surface area contributed by atoms with E-state index in [2.05, 4.69) is 0 Å². The molecule has 4 heteroatoms. The Kier molecular flexibility index (Phi) is 5.63. The van der Waals surface area contributed by atoms with Gasteiger partial charge >= 0.3 is 0 Å². The van der Waals surface area contributed by atoms with E-state index in [1.807, 2.05) is 13.8 Å². The molecule has 0 aliphatic rings. The normalized spacial score (nSPS) is 10.1. The first-order chi connectivity index (χ1) is 7.65. The van der Waals surface area contributed by atoms with E-state index in [1.165, 1.54) is 22.7 Å². The van der Waals surface area contributed by atoms with E-state index >= 15 is 0 Å². The maximum Gasteiger partial charge on any atom is 0.157 e. The number of Topliss-reactive ketones (excluding diaryl/α,β-unsaturated/α-hetero) is 2. The van der Waals surface area contributed by atoms with Crippen LogP contribution in [0.3, 0.4) is 0 Å². The second kappa shape index (κ2) is 6.76. The number of rotatable bonds is 6. The zero-order chi connectivity index (χ0) is 12.0. The van der Waals surface area contributed by atoms with Gasteiger partial charge in [-0.1, -0.05) is 13.8 Å². The molecule has 0 atom stereocenters. The Morgan fingerprint density at radius 3 is 1.62 bits per heavy atom. The van der Waals surface area contributed by atoms with Crippen molar-refractivity contribution in [3.63, 3.8) is 0 Å². The quantitative estimate of drug-likeness (QED) is 0.781. The van der Waals surface area contributed by atoms with E-state index in [0.29, 0.717) is 12.8 Å². The Labute approximate surface area is 103 Å². The fraction of sp³-hybridized carbons (Fsp3) is 0.500. The molecule has 0 fully saturated rings. The highest BCUT2D eigenvalue weighted by molar-refractivity contribution is 7.36. The molecule has 0 bridgehead atoms. The SMILES string of the molecule is CCCC(=O)C=c1sc(=CC(=O)CCC)s1. The zero-order valence-electron chi connectivity index (χ0n) is 9.62. The molecule has 16 heavy (non-hydrogen) atoms. The first-order valence-electron chi connectivity index (χ1n) is 5.50. The average Bonchev–Trinajstić information content (AvgIpc) is 2.15. The van der Waals surface area contributed by atoms with E-state index in [-0.39, 0.29) is 11.6 Å². The largest absolute Gasteiger partial charge is 0.295 e. The van der Waals surface area contributed by atoms with Gasteiger partial charge < -0.3 is 0 Å². The van der Waals surface area contributed by atoms with Crippen molar-refractivity contribution in [3.05, 3.63) is 7.69 Å². The maximum atomic E-state index is 11.3. The van der Waals surface area contributed by atoms with Gasteiger partial charge in [-0.25, -0.2) is 0 Å². The van der Waals surface area contributed by atoms with Gasteiger partial charge in [0.25, 0.3) is 0 Å². The third-order valence-electron chi connectivity index (χ3n) is 1.95. The minimum atomic E-state index is 0.177. The number of carbonyl (C=O) groups excluding carboxylic acids is 2. The van der Waals surface area contributed by atoms with Crippen LogP contribution in [0.2, 0.25) is 0 Å². The summed E-state index contributed by atoms with van der Waals surface area (Å²) in [6, 6.07) is 0. The molecule has 0 unspecified atom stereocenters. The van der Waals surface area contributed by atoms with Crippen molar-refractivity contribution >= 4 is 46.4 Å². The summed E-state index contributed by atoms with van der Waals surface area (Å²) < 4.78 is 2.02. The van der Waals surface area contributed by atoms with E-state index in [1.54, 1.807) is 12.2 Å². The van der Waals surface area contributed by atoms with Crippen LogP contribution >= 0.6 is 22.7 Å². The summed E-state index contributed by atoms with van der Waals surface area (Å²) >= 11 is 3.05. The predicted molar refractivity (Wildman–Crippen MR) is 70.2 cm³/mol. The zero-order valence-corrected chi connectivity index (χ0v) is 11.2. The molecule has 0 aromatic carbocycles. The van der Waals surface area contributed by atoms with Gasteiger partial charge in [0.2, 0.25) is 0 Å². The second-order valence-corrected chi connectivity index (χ2v) is 6.25. The lowest BCUT2D eigenvalue weighted by atomic mass is 10.2. The first-order valence-corrected chi connectivity index (χ1v) is 7.13. The number of carbonyl (C=O) groups is 2. The van der Waals surface area contributed by atoms with E-state index < -0.39 is 0 Å². The van der Waals surface area contributed by atoms with Gasteiger partial charge in [-0.05, 0) is 12.8 Å². The third-order valence-corrected chi connectivity index (χ3v) is 4.23. The van der Waals surface area contributed by atoms with Crippen molar-refractivity contribution < 1.29 is 9.59 Å². The molecule has 2 nitrogen and oxygen atoms in total. The van der Waals surface area contributed by atoms with Gasteiger partial charge in [-0.3, -0.25) is 9.59 Å². The molecule has 1 aromatic rings. The lowest BCUT2D eigenvalue weighted by Crippen LogP contribution is -2.13. The Morgan fingerprint density at radius 1 is 0.938 bits per heavy atom. The van der Waals surface area contributed by atoms with E-state index in [9.17, 15) is 9.59 Å². The van der Waals surface area contributed by atoms with E-state index in [4.69, 9.17) is 0 Å². The fourth-order valence-electron chi connectivity index (χ4n) is 1.22. The maximum absolute atomic E-state index is 11.3. The topological polar surface area (TPSA) is 34.1 Å². The highest BCUT2D eigenvalue weighted by Gasteiger charge is 1.99. The molecule has 1 aromatic heterocycles. The van der Waals surface area contributed by atoms with Crippen molar-refractivity contribution in [3.8, 4) is 0 Å². The minimum absolute atomic E-state index is 0.177. The van der Waals surface area contributed by atoms with Gasteiger partial charge in [0.05, 0.1) is 7.69 Å². The second-order valence-electron chi connectivity index (χ2n) is 3.56. The average molecular weight is 256 g/mol. The fourth-order valence-corrected chi connectivity index (χ4v) is 3.22. The summed E-state index contributed by atoms with van der Waals surface area (Å²) in [7, 11) is 0. The summed E-state index contributed by atoms with van der Waals surface area (Å²) in [6.07, 6.45) is 6.35. The van der Waals surface area contributed by atoms with Crippen molar-refractivity contribution in [1.82, 2.24) is 0 Å². The highest BCUT2D eigenvalue weighted by atomic mass is 32.2. The molecular formula is C12H16O2S2. The molecule has 0 amide bonds. The van der Waals surface area contributed by atoms with Gasteiger partial charge in [-0.15, -0.1) is 22.7 Å². The number of hydrogen-bond acceptors (Lipinski definition) is 4. The molecule has 0 N–H and O–H groups in total.